The first-order valence-corrected chi connectivity index (χ1v) is 10.3. The molecule has 9 heteroatoms. The van der Waals surface area contributed by atoms with Crippen molar-refractivity contribution in [2.75, 3.05) is 4.90 Å². The average Bonchev–Trinajstić information content (AvgIpc) is 2.74. The van der Waals surface area contributed by atoms with Gasteiger partial charge >= 0.3 is 0 Å². The Balaban J connectivity index is 1.94. The van der Waals surface area contributed by atoms with E-state index in [1.165, 1.54) is 41.3 Å². The minimum atomic E-state index is -0.761. The summed E-state index contributed by atoms with van der Waals surface area (Å²) in [4.78, 5) is 25.0. The highest BCUT2D eigenvalue weighted by Crippen LogP contribution is 2.46. The molecular weight excluding hydrogens is 467 g/mol. The van der Waals surface area contributed by atoms with E-state index >= 15 is 0 Å². The maximum atomic E-state index is 14.8. The van der Waals surface area contributed by atoms with Gasteiger partial charge in [0.15, 0.2) is 5.78 Å². The van der Waals surface area contributed by atoms with Crippen molar-refractivity contribution in [2.24, 2.45) is 5.73 Å². The Kier molecular flexibility index (Phi) is 5.33. The number of halogens is 2. The molecule has 4 rings (SSSR count). The smallest absolute Gasteiger partial charge is 0.269 e. The number of nitrogens with two attached hydrogens (primary N) is 1. The van der Waals surface area contributed by atoms with Gasteiger partial charge in [-0.05, 0) is 36.6 Å². The van der Waals surface area contributed by atoms with Crippen LogP contribution in [0.5, 0.6) is 0 Å². The van der Waals surface area contributed by atoms with E-state index in [0.717, 1.165) is 0 Å². The van der Waals surface area contributed by atoms with E-state index in [9.17, 15) is 24.6 Å². The lowest BCUT2D eigenvalue weighted by molar-refractivity contribution is -0.384. The van der Waals surface area contributed by atoms with Gasteiger partial charge in [-0.15, -0.1) is 0 Å². The molecule has 0 fully saturated rings. The van der Waals surface area contributed by atoms with Crippen LogP contribution in [-0.2, 0) is 4.79 Å². The fraction of sp³-hybridized carbons (Fsp3) is 0.182. The molecule has 0 radical (unpaired) electrons. The Bertz CT molecular complexity index is 1210. The molecule has 0 unspecified atom stereocenters. The predicted molar refractivity (Wildman–Crippen MR) is 115 cm³/mol. The topological polar surface area (TPSA) is 113 Å². The first kappa shape index (κ1) is 20.8. The summed E-state index contributed by atoms with van der Waals surface area (Å²) in [5, 5.41) is 20.9. The maximum Gasteiger partial charge on any atom is 0.269 e. The van der Waals surface area contributed by atoms with Gasteiger partial charge in [0.25, 0.3) is 5.69 Å². The number of nitro groups is 1. The first-order valence-electron chi connectivity index (χ1n) is 9.49. The van der Waals surface area contributed by atoms with Gasteiger partial charge in [0, 0.05) is 34.3 Å². The molecule has 1 atom stereocenters. The number of rotatable bonds is 3. The molecule has 0 saturated heterocycles. The number of nitro benzene ring substituents is 1. The van der Waals surface area contributed by atoms with Gasteiger partial charge in [-0.3, -0.25) is 19.8 Å². The first-order chi connectivity index (χ1) is 14.8. The van der Waals surface area contributed by atoms with E-state index < -0.39 is 16.7 Å². The minimum Gasteiger partial charge on any atom is -0.384 e. The van der Waals surface area contributed by atoms with E-state index in [2.05, 4.69) is 22.0 Å². The van der Waals surface area contributed by atoms with Crippen molar-refractivity contribution in [3.63, 3.8) is 0 Å². The van der Waals surface area contributed by atoms with Gasteiger partial charge in [-0.25, -0.2) is 4.39 Å². The quantitative estimate of drug-likeness (QED) is 0.496. The predicted octanol–water partition coefficient (Wildman–Crippen LogP) is 4.80. The van der Waals surface area contributed by atoms with Crippen molar-refractivity contribution < 1.29 is 14.1 Å². The van der Waals surface area contributed by atoms with Crippen molar-refractivity contribution in [2.45, 2.75) is 25.2 Å². The molecular formula is C22H16BrFN4O3. The molecule has 0 amide bonds. The number of hydrogen-bond donors (Lipinski definition) is 1. The third-order valence-corrected chi connectivity index (χ3v) is 5.99. The molecule has 156 valence electrons. The number of non-ortho nitro benzene ring substituents is 1. The molecule has 0 saturated carbocycles. The van der Waals surface area contributed by atoms with Crippen LogP contribution in [0.25, 0.3) is 0 Å². The molecule has 0 spiro atoms. The van der Waals surface area contributed by atoms with Gasteiger partial charge < -0.3 is 5.73 Å². The Morgan fingerprint density at radius 2 is 1.94 bits per heavy atom. The Morgan fingerprint density at radius 1 is 1.23 bits per heavy atom. The van der Waals surface area contributed by atoms with Crippen molar-refractivity contribution in [3.8, 4) is 6.07 Å². The molecule has 1 heterocycles. The molecule has 0 bridgehead atoms. The number of nitriles is 1. The number of Topliss-reactive ketones (excluding diaryl/α,β-unsaturated/α-hetero) is 1. The fourth-order valence-electron chi connectivity index (χ4n) is 4.15. The fourth-order valence-corrected chi connectivity index (χ4v) is 4.48. The van der Waals surface area contributed by atoms with Crippen LogP contribution in [0.3, 0.4) is 0 Å². The summed E-state index contributed by atoms with van der Waals surface area (Å²) < 4.78 is 15.4. The summed E-state index contributed by atoms with van der Waals surface area (Å²) in [5.74, 6) is -1.41. The molecule has 0 aromatic heterocycles. The van der Waals surface area contributed by atoms with E-state index in [-0.39, 0.29) is 28.6 Å². The molecule has 31 heavy (non-hydrogen) atoms. The van der Waals surface area contributed by atoms with Gasteiger partial charge in [0.1, 0.15) is 11.6 Å². The van der Waals surface area contributed by atoms with Crippen molar-refractivity contribution >= 4 is 33.1 Å². The lowest BCUT2D eigenvalue weighted by Gasteiger charge is -2.39. The van der Waals surface area contributed by atoms with Crippen LogP contribution in [-0.4, -0.2) is 10.7 Å². The molecule has 1 aliphatic heterocycles. The zero-order valence-corrected chi connectivity index (χ0v) is 17.7. The third kappa shape index (κ3) is 3.49. The number of hydrogen-bond acceptors (Lipinski definition) is 6. The highest BCUT2D eigenvalue weighted by Gasteiger charge is 2.40. The number of anilines is 1. The number of carbonyl (C=O) groups is 1. The molecule has 1 aliphatic carbocycles. The van der Waals surface area contributed by atoms with Gasteiger partial charge in [0.2, 0.25) is 0 Å². The van der Waals surface area contributed by atoms with Crippen molar-refractivity contribution in [1.82, 2.24) is 0 Å². The lowest BCUT2D eigenvalue weighted by atomic mass is 9.75. The number of benzene rings is 2. The number of allylic oxidation sites excluding steroid dienone is 3. The van der Waals surface area contributed by atoms with Crippen molar-refractivity contribution in [1.29, 1.82) is 5.26 Å². The number of ketones is 1. The van der Waals surface area contributed by atoms with Gasteiger partial charge in [-0.2, -0.15) is 5.26 Å². The third-order valence-electron chi connectivity index (χ3n) is 5.50. The largest absolute Gasteiger partial charge is 0.384 e. The number of carbonyl (C=O) groups excluding carboxylic acids is 1. The van der Waals surface area contributed by atoms with Gasteiger partial charge in [0.05, 0.1) is 28.2 Å². The average molecular weight is 483 g/mol. The normalized spacial score (nSPS) is 18.7. The summed E-state index contributed by atoms with van der Waals surface area (Å²) in [6.07, 6.45) is 1.37. The van der Waals surface area contributed by atoms with Crippen LogP contribution in [0.1, 0.15) is 30.7 Å². The van der Waals surface area contributed by atoms with Crippen LogP contribution in [0.15, 0.2) is 69.6 Å². The zero-order chi connectivity index (χ0) is 22.3. The molecule has 2 N–H and O–H groups in total. The monoisotopic (exact) mass is 482 g/mol. The molecule has 2 aliphatic rings. The van der Waals surface area contributed by atoms with Crippen molar-refractivity contribution in [3.05, 3.63) is 91.1 Å². The highest BCUT2D eigenvalue weighted by atomic mass is 79.9. The van der Waals surface area contributed by atoms with E-state index in [1.54, 1.807) is 6.07 Å². The lowest BCUT2D eigenvalue weighted by Crippen LogP contribution is -2.39. The summed E-state index contributed by atoms with van der Waals surface area (Å²) >= 11 is 3.23. The van der Waals surface area contributed by atoms with Crippen LogP contribution in [0, 0.1) is 27.3 Å². The molecule has 2 aromatic rings. The second-order valence-electron chi connectivity index (χ2n) is 7.26. The standard InChI is InChI=1S/C22H16BrFN4O3/c23-13-6-9-17(16(24)10-13)27-18-2-1-3-19(29)21(18)20(15(11-25)22(27)26)12-4-7-14(8-5-12)28(30)31/h4-10,20H,1-3,26H2/t20-/m1/s1. The number of nitrogens with zero attached hydrogens (tertiary/aromatic N) is 3. The van der Waals surface area contributed by atoms with Crippen LogP contribution in [0.4, 0.5) is 15.8 Å². The summed E-state index contributed by atoms with van der Waals surface area (Å²) in [6, 6.07) is 12.3. The zero-order valence-electron chi connectivity index (χ0n) is 16.1. The highest BCUT2D eigenvalue weighted by molar-refractivity contribution is 9.10. The van der Waals surface area contributed by atoms with Crippen LogP contribution < -0.4 is 10.6 Å². The van der Waals surface area contributed by atoms with Crippen LogP contribution >= 0.6 is 15.9 Å². The second kappa shape index (κ2) is 7.96. The summed E-state index contributed by atoms with van der Waals surface area (Å²) in [7, 11) is 0. The van der Waals surface area contributed by atoms with Crippen LogP contribution in [0.2, 0.25) is 0 Å². The van der Waals surface area contributed by atoms with E-state index in [4.69, 9.17) is 5.73 Å². The Hall–Kier alpha value is -3.51. The Labute approximate surface area is 185 Å². The molecule has 7 nitrogen and oxygen atoms in total. The summed E-state index contributed by atoms with van der Waals surface area (Å²) in [5.41, 5.74) is 8.02. The van der Waals surface area contributed by atoms with Gasteiger partial charge in [-0.1, -0.05) is 28.1 Å². The SMILES string of the molecule is N#CC1=C(N)N(c2ccc(Br)cc2F)C2=C(C(=O)CCC2)[C@@H]1c1ccc([N+](=O)[O-])cc1. The van der Waals surface area contributed by atoms with E-state index in [0.29, 0.717) is 40.6 Å². The Morgan fingerprint density at radius 3 is 2.55 bits per heavy atom. The minimum absolute atomic E-state index is 0.0422. The molecule has 2 aromatic carbocycles. The summed E-state index contributed by atoms with van der Waals surface area (Å²) in [6.45, 7) is 0. The maximum absolute atomic E-state index is 14.8. The van der Waals surface area contributed by atoms with E-state index in [1.807, 2.05) is 0 Å². The second-order valence-corrected chi connectivity index (χ2v) is 8.18.